The highest BCUT2D eigenvalue weighted by Gasteiger charge is 2.03. The summed E-state index contributed by atoms with van der Waals surface area (Å²) in [7, 11) is 0. The standard InChI is InChI=1S/C35H68O3/c1-4-5-6-7-8-9-10-11-12-13-14-15-16-17-20-23-26-29-32-37-35(36)38-33-30-27-24-21-18-19-22-25-28-31-34(2)3/h13-14,34H,4-12,15-33H2,1-3H3. The Kier molecular flexibility index (Phi) is 31.4. The molecule has 226 valence electrons. The topological polar surface area (TPSA) is 35.5 Å². The Morgan fingerprint density at radius 3 is 1.24 bits per heavy atom. The van der Waals surface area contributed by atoms with Gasteiger partial charge in [-0.2, -0.15) is 0 Å². The molecule has 3 heteroatoms. The number of unbranched alkanes of at least 4 members (excludes halogenated alkanes) is 22. The molecule has 0 saturated heterocycles. The number of ether oxygens (including phenoxy) is 2. The van der Waals surface area contributed by atoms with Gasteiger partial charge in [0.15, 0.2) is 0 Å². The molecule has 0 N–H and O–H groups in total. The minimum absolute atomic E-state index is 0.481. The normalized spacial score (nSPS) is 11.6. The second-order valence-electron chi connectivity index (χ2n) is 12.0. The molecular formula is C35H68O3. The van der Waals surface area contributed by atoms with Gasteiger partial charge in [-0.3, -0.25) is 0 Å². The molecule has 0 rings (SSSR count). The summed E-state index contributed by atoms with van der Waals surface area (Å²) in [5.74, 6) is 0.848. The molecule has 0 aliphatic heterocycles. The SMILES string of the molecule is CCCCCCCCCCC=CCCCCCCCCOC(=O)OCCCCCCCCCCCC(C)C. The van der Waals surface area contributed by atoms with E-state index in [4.69, 9.17) is 9.47 Å². The van der Waals surface area contributed by atoms with Crippen molar-refractivity contribution in [2.24, 2.45) is 5.92 Å². The van der Waals surface area contributed by atoms with E-state index in [2.05, 4.69) is 32.9 Å². The van der Waals surface area contributed by atoms with E-state index in [0.29, 0.717) is 13.2 Å². The fourth-order valence-corrected chi connectivity index (χ4v) is 4.95. The van der Waals surface area contributed by atoms with Crippen LogP contribution in [0.4, 0.5) is 4.79 Å². The first-order valence-corrected chi connectivity index (χ1v) is 17.1. The molecule has 38 heavy (non-hydrogen) atoms. The van der Waals surface area contributed by atoms with Crippen molar-refractivity contribution in [1.82, 2.24) is 0 Å². The van der Waals surface area contributed by atoms with Crippen LogP contribution in [0.1, 0.15) is 188 Å². The van der Waals surface area contributed by atoms with Gasteiger partial charge < -0.3 is 9.47 Å². The van der Waals surface area contributed by atoms with Crippen molar-refractivity contribution < 1.29 is 14.3 Å². The zero-order valence-electron chi connectivity index (χ0n) is 26.3. The van der Waals surface area contributed by atoms with Gasteiger partial charge in [0.05, 0.1) is 13.2 Å². The van der Waals surface area contributed by atoms with E-state index < -0.39 is 6.16 Å². The number of hydrogen-bond acceptors (Lipinski definition) is 3. The third kappa shape index (κ3) is 33.0. The number of carbonyl (C=O) groups is 1. The monoisotopic (exact) mass is 537 g/mol. The Hall–Kier alpha value is -0.990. The van der Waals surface area contributed by atoms with Gasteiger partial charge in [0, 0.05) is 0 Å². The van der Waals surface area contributed by atoms with Crippen LogP contribution >= 0.6 is 0 Å². The van der Waals surface area contributed by atoms with Crippen LogP contribution in [-0.2, 0) is 9.47 Å². The molecule has 0 fully saturated rings. The summed E-state index contributed by atoms with van der Waals surface area (Å²) in [6.07, 6.45) is 38.2. The van der Waals surface area contributed by atoms with Crippen molar-refractivity contribution in [3.05, 3.63) is 12.2 Å². The van der Waals surface area contributed by atoms with Crippen LogP contribution in [0.25, 0.3) is 0 Å². The lowest BCUT2D eigenvalue weighted by Gasteiger charge is -2.07. The molecule has 0 unspecified atom stereocenters. The molecule has 0 aromatic rings. The van der Waals surface area contributed by atoms with Crippen molar-refractivity contribution in [3.63, 3.8) is 0 Å². The smallest absolute Gasteiger partial charge is 0.434 e. The molecule has 0 bridgehead atoms. The maximum Gasteiger partial charge on any atom is 0.508 e. The summed E-state index contributed by atoms with van der Waals surface area (Å²) in [6.45, 7) is 7.90. The first-order chi connectivity index (χ1) is 18.7. The Bertz CT molecular complexity index is 486. The molecular weight excluding hydrogens is 468 g/mol. The second-order valence-corrected chi connectivity index (χ2v) is 12.0. The predicted octanol–water partition coefficient (Wildman–Crippen LogP) is 12.5. The van der Waals surface area contributed by atoms with Crippen LogP contribution in [0.3, 0.4) is 0 Å². The summed E-state index contributed by atoms with van der Waals surface area (Å²) in [6, 6.07) is 0. The van der Waals surface area contributed by atoms with Crippen LogP contribution in [0, 0.1) is 5.92 Å². The number of carbonyl (C=O) groups excluding carboxylic acids is 1. The predicted molar refractivity (Wildman–Crippen MR) is 167 cm³/mol. The molecule has 0 heterocycles. The molecule has 0 saturated carbocycles. The van der Waals surface area contributed by atoms with Crippen LogP contribution in [-0.4, -0.2) is 19.4 Å². The molecule has 0 aliphatic carbocycles. The summed E-state index contributed by atoms with van der Waals surface area (Å²) < 4.78 is 10.4. The Labute approximate surface area is 239 Å². The van der Waals surface area contributed by atoms with Gasteiger partial charge in [-0.25, -0.2) is 4.79 Å². The largest absolute Gasteiger partial charge is 0.508 e. The molecule has 0 atom stereocenters. The average molecular weight is 537 g/mol. The Morgan fingerprint density at radius 1 is 0.500 bits per heavy atom. The Balaban J connectivity index is 3.20. The highest BCUT2D eigenvalue weighted by molar-refractivity contribution is 5.59. The van der Waals surface area contributed by atoms with Crippen molar-refractivity contribution in [3.8, 4) is 0 Å². The van der Waals surface area contributed by atoms with Crippen LogP contribution in [0.15, 0.2) is 12.2 Å². The fourth-order valence-electron chi connectivity index (χ4n) is 4.95. The van der Waals surface area contributed by atoms with Gasteiger partial charge in [-0.1, -0.05) is 161 Å². The Morgan fingerprint density at radius 2 is 0.842 bits per heavy atom. The van der Waals surface area contributed by atoms with E-state index in [9.17, 15) is 4.79 Å². The van der Waals surface area contributed by atoms with E-state index in [1.165, 1.54) is 141 Å². The zero-order valence-corrected chi connectivity index (χ0v) is 26.3. The molecule has 0 aromatic carbocycles. The highest BCUT2D eigenvalue weighted by Crippen LogP contribution is 2.14. The van der Waals surface area contributed by atoms with Crippen molar-refractivity contribution in [2.75, 3.05) is 13.2 Å². The van der Waals surface area contributed by atoms with Gasteiger partial charge in [0.2, 0.25) is 0 Å². The number of rotatable bonds is 30. The van der Waals surface area contributed by atoms with Gasteiger partial charge in [-0.15, -0.1) is 0 Å². The summed E-state index contributed by atoms with van der Waals surface area (Å²) in [5, 5.41) is 0. The van der Waals surface area contributed by atoms with Gasteiger partial charge in [0.1, 0.15) is 0 Å². The van der Waals surface area contributed by atoms with Crippen LogP contribution in [0.2, 0.25) is 0 Å². The summed E-state index contributed by atoms with van der Waals surface area (Å²) in [5.41, 5.74) is 0. The van der Waals surface area contributed by atoms with Crippen molar-refractivity contribution in [1.29, 1.82) is 0 Å². The summed E-state index contributed by atoms with van der Waals surface area (Å²) >= 11 is 0. The third-order valence-corrected chi connectivity index (χ3v) is 7.52. The minimum Gasteiger partial charge on any atom is -0.434 e. The lowest BCUT2D eigenvalue weighted by Crippen LogP contribution is -2.09. The van der Waals surface area contributed by atoms with Gasteiger partial charge in [-0.05, 0) is 44.4 Å². The number of allylic oxidation sites excluding steroid dienone is 2. The molecule has 0 aliphatic rings. The quantitative estimate of drug-likeness (QED) is 0.0520. The molecule has 0 radical (unpaired) electrons. The van der Waals surface area contributed by atoms with E-state index in [1.54, 1.807) is 0 Å². The van der Waals surface area contributed by atoms with E-state index in [1.807, 2.05) is 0 Å². The molecule has 3 nitrogen and oxygen atoms in total. The molecule has 0 spiro atoms. The average Bonchev–Trinajstić information content (AvgIpc) is 2.90. The van der Waals surface area contributed by atoms with E-state index in [0.717, 1.165) is 31.6 Å². The van der Waals surface area contributed by atoms with Gasteiger partial charge >= 0.3 is 6.16 Å². The second kappa shape index (κ2) is 32.2. The molecule has 0 amide bonds. The molecule has 0 aromatic heterocycles. The first-order valence-electron chi connectivity index (χ1n) is 17.1. The first kappa shape index (κ1) is 37.0. The maximum atomic E-state index is 11.7. The lowest BCUT2D eigenvalue weighted by molar-refractivity contribution is 0.0529. The maximum absolute atomic E-state index is 11.7. The number of hydrogen-bond donors (Lipinski definition) is 0. The summed E-state index contributed by atoms with van der Waals surface area (Å²) in [4.78, 5) is 11.7. The van der Waals surface area contributed by atoms with Gasteiger partial charge in [0.25, 0.3) is 0 Å². The lowest BCUT2D eigenvalue weighted by atomic mass is 10.0. The highest BCUT2D eigenvalue weighted by atomic mass is 16.7. The van der Waals surface area contributed by atoms with E-state index in [-0.39, 0.29) is 0 Å². The van der Waals surface area contributed by atoms with Crippen LogP contribution in [0.5, 0.6) is 0 Å². The van der Waals surface area contributed by atoms with Crippen molar-refractivity contribution in [2.45, 2.75) is 188 Å². The van der Waals surface area contributed by atoms with Crippen LogP contribution < -0.4 is 0 Å². The zero-order chi connectivity index (χ0) is 27.8. The fraction of sp³-hybridized carbons (Fsp3) is 0.914. The van der Waals surface area contributed by atoms with Crippen molar-refractivity contribution >= 4 is 6.16 Å². The minimum atomic E-state index is -0.481. The third-order valence-electron chi connectivity index (χ3n) is 7.52. The van der Waals surface area contributed by atoms with E-state index >= 15 is 0 Å².